The van der Waals surface area contributed by atoms with Crippen LogP contribution in [0.1, 0.15) is 12.5 Å². The van der Waals surface area contributed by atoms with E-state index in [1.54, 1.807) is 38.1 Å². The van der Waals surface area contributed by atoms with Gasteiger partial charge in [-0.05, 0) is 24.6 Å². The Hall–Kier alpha value is -2.54. The number of hydrogen-bond donors (Lipinski definition) is 0. The molecule has 0 spiro atoms. The number of carbonyl (C=O) groups excluding carboxylic acids is 1. The molecule has 0 atom stereocenters. The molecule has 1 aromatic carbocycles. The number of nitrogens with zero attached hydrogens (tertiary/aromatic N) is 2. The fourth-order valence-corrected chi connectivity index (χ4v) is 1.58. The van der Waals surface area contributed by atoms with Crippen LogP contribution in [0.2, 0.25) is 0 Å². The molecule has 0 N–H and O–H groups in total. The van der Waals surface area contributed by atoms with Crippen LogP contribution in [-0.4, -0.2) is 31.6 Å². The van der Waals surface area contributed by atoms with Crippen LogP contribution in [0.25, 0.3) is 5.57 Å². The first-order chi connectivity index (χ1) is 9.60. The van der Waals surface area contributed by atoms with Crippen molar-refractivity contribution in [3.63, 3.8) is 0 Å². The number of hydrogen-bond acceptors (Lipinski definition) is 4. The third kappa shape index (κ3) is 4.29. The molecule has 1 aromatic rings. The Labute approximate surface area is 119 Å². The Morgan fingerprint density at radius 2 is 1.95 bits per heavy atom. The third-order valence-electron chi connectivity index (χ3n) is 2.58. The van der Waals surface area contributed by atoms with Gasteiger partial charge in [0.15, 0.2) is 0 Å². The number of allylic oxidation sites excluding steroid dienone is 3. The van der Waals surface area contributed by atoms with Gasteiger partial charge < -0.3 is 9.64 Å². The molecule has 0 heterocycles. The minimum absolute atomic E-state index is 0.317. The van der Waals surface area contributed by atoms with Gasteiger partial charge in [0.05, 0.1) is 18.2 Å². The molecule has 0 aliphatic heterocycles. The molecule has 0 saturated heterocycles. The minimum Gasteiger partial charge on any atom is -0.461 e. The van der Waals surface area contributed by atoms with Crippen LogP contribution in [0.15, 0.2) is 48.2 Å². The largest absolute Gasteiger partial charge is 0.461 e. The summed E-state index contributed by atoms with van der Waals surface area (Å²) in [5, 5.41) is 9.20. The van der Waals surface area contributed by atoms with E-state index in [0.717, 1.165) is 5.56 Å². The van der Waals surface area contributed by atoms with Crippen LogP contribution in [0.4, 0.5) is 0 Å². The van der Waals surface area contributed by atoms with E-state index in [0.29, 0.717) is 17.9 Å². The van der Waals surface area contributed by atoms with Gasteiger partial charge in [-0.3, -0.25) is 0 Å². The number of benzene rings is 1. The monoisotopic (exact) mass is 270 g/mol. The van der Waals surface area contributed by atoms with E-state index in [-0.39, 0.29) is 0 Å². The molecule has 0 unspecified atom stereocenters. The molecule has 104 valence electrons. The zero-order valence-electron chi connectivity index (χ0n) is 12.0. The van der Waals surface area contributed by atoms with Crippen molar-refractivity contribution in [2.45, 2.75) is 6.92 Å². The van der Waals surface area contributed by atoms with E-state index in [1.165, 1.54) is 0 Å². The molecule has 4 nitrogen and oxygen atoms in total. The Morgan fingerprint density at radius 1 is 1.30 bits per heavy atom. The third-order valence-corrected chi connectivity index (χ3v) is 2.58. The summed E-state index contributed by atoms with van der Waals surface area (Å²) in [7, 11) is 3.51. The second-order valence-electron chi connectivity index (χ2n) is 4.22. The lowest BCUT2D eigenvalue weighted by Gasteiger charge is -2.14. The molecule has 0 fully saturated rings. The summed E-state index contributed by atoms with van der Waals surface area (Å²) < 4.78 is 4.98. The number of esters is 1. The van der Waals surface area contributed by atoms with Crippen molar-refractivity contribution in [2.75, 3.05) is 20.7 Å². The van der Waals surface area contributed by atoms with Crippen molar-refractivity contribution in [3.8, 4) is 6.07 Å². The van der Waals surface area contributed by atoms with Gasteiger partial charge in [-0.25, -0.2) is 4.79 Å². The predicted octanol–water partition coefficient (Wildman–Crippen LogP) is 2.60. The van der Waals surface area contributed by atoms with Crippen molar-refractivity contribution < 1.29 is 9.53 Å². The number of ether oxygens (including phenoxy) is 1. The normalized spacial score (nSPS) is 11.7. The highest BCUT2D eigenvalue weighted by atomic mass is 16.5. The Balaban J connectivity index is 3.08. The van der Waals surface area contributed by atoms with Crippen LogP contribution in [0, 0.1) is 11.3 Å². The van der Waals surface area contributed by atoms with E-state index in [4.69, 9.17) is 4.74 Å². The van der Waals surface area contributed by atoms with Crippen molar-refractivity contribution in [1.82, 2.24) is 4.90 Å². The maximum Gasteiger partial charge on any atom is 0.354 e. The molecule has 20 heavy (non-hydrogen) atoms. The fraction of sp³-hybridized carbons (Fsp3) is 0.250. The second kappa shape index (κ2) is 7.80. The maximum atomic E-state index is 11.8. The van der Waals surface area contributed by atoms with Crippen molar-refractivity contribution in [1.29, 1.82) is 5.26 Å². The number of rotatable bonds is 5. The molecule has 0 aliphatic rings. The van der Waals surface area contributed by atoms with Crippen LogP contribution in [0.5, 0.6) is 0 Å². The molecular weight excluding hydrogens is 252 g/mol. The highest BCUT2D eigenvalue weighted by molar-refractivity contribution is 5.89. The Kier molecular flexibility index (Phi) is 6.05. The summed E-state index contributed by atoms with van der Waals surface area (Å²) in [5.41, 5.74) is 1.71. The minimum atomic E-state index is -0.404. The molecule has 1 rings (SSSR count). The topological polar surface area (TPSA) is 53.3 Å². The molecule has 4 heteroatoms. The highest BCUT2D eigenvalue weighted by Gasteiger charge is 2.11. The smallest absolute Gasteiger partial charge is 0.354 e. The van der Waals surface area contributed by atoms with E-state index in [9.17, 15) is 10.1 Å². The van der Waals surface area contributed by atoms with Crippen LogP contribution < -0.4 is 0 Å². The van der Waals surface area contributed by atoms with E-state index >= 15 is 0 Å². The first-order valence-corrected chi connectivity index (χ1v) is 6.32. The zero-order chi connectivity index (χ0) is 15.0. The van der Waals surface area contributed by atoms with Crippen molar-refractivity contribution in [3.05, 3.63) is 53.7 Å². The molecule has 0 aromatic heterocycles. The molecule has 0 aliphatic carbocycles. The van der Waals surface area contributed by atoms with Gasteiger partial charge in [0.25, 0.3) is 0 Å². The molecule has 0 radical (unpaired) electrons. The Morgan fingerprint density at radius 3 is 2.45 bits per heavy atom. The zero-order valence-corrected chi connectivity index (χ0v) is 12.0. The lowest BCUT2D eigenvalue weighted by Crippen LogP contribution is -2.21. The summed E-state index contributed by atoms with van der Waals surface area (Å²) >= 11 is 0. The van der Waals surface area contributed by atoms with E-state index in [2.05, 4.69) is 6.07 Å². The van der Waals surface area contributed by atoms with Gasteiger partial charge in [0.1, 0.15) is 5.70 Å². The average molecular weight is 270 g/mol. The predicted molar refractivity (Wildman–Crippen MR) is 78.4 cm³/mol. The van der Waals surface area contributed by atoms with Gasteiger partial charge in [-0.1, -0.05) is 30.3 Å². The SMILES string of the molecule is CCOC(=O)/C(=C/C=C(/C#N)c1ccccc1)N(C)C. The lowest BCUT2D eigenvalue weighted by atomic mass is 10.1. The standard InChI is InChI=1S/C16H18N2O2/c1-4-20-16(19)15(18(2)3)11-10-14(12-17)13-8-6-5-7-9-13/h5-11H,4H2,1-3H3/b14-10-,15-11-. The molecule has 0 amide bonds. The fourth-order valence-electron chi connectivity index (χ4n) is 1.58. The first-order valence-electron chi connectivity index (χ1n) is 6.32. The summed E-state index contributed by atoms with van der Waals surface area (Å²) in [6.07, 6.45) is 3.23. The van der Waals surface area contributed by atoms with Crippen LogP contribution >= 0.6 is 0 Å². The average Bonchev–Trinajstić information content (AvgIpc) is 2.44. The number of likely N-dealkylation sites (N-methyl/N-ethyl adjacent to an activating group) is 1. The van der Waals surface area contributed by atoms with Crippen LogP contribution in [0.3, 0.4) is 0 Å². The quantitative estimate of drug-likeness (QED) is 0.357. The summed E-state index contributed by atoms with van der Waals surface area (Å²) in [4.78, 5) is 13.4. The van der Waals surface area contributed by atoms with Gasteiger partial charge in [-0.15, -0.1) is 0 Å². The van der Waals surface area contributed by atoms with Crippen molar-refractivity contribution >= 4 is 11.5 Å². The van der Waals surface area contributed by atoms with Gasteiger partial charge in [0, 0.05) is 14.1 Å². The van der Waals surface area contributed by atoms with E-state index in [1.807, 2.05) is 30.3 Å². The molecular formula is C16H18N2O2. The summed E-state index contributed by atoms with van der Waals surface area (Å²) in [6, 6.07) is 11.4. The maximum absolute atomic E-state index is 11.8. The van der Waals surface area contributed by atoms with Gasteiger partial charge in [0.2, 0.25) is 0 Å². The first kappa shape index (κ1) is 15.5. The summed E-state index contributed by atoms with van der Waals surface area (Å²) in [5.74, 6) is -0.404. The second-order valence-corrected chi connectivity index (χ2v) is 4.22. The van der Waals surface area contributed by atoms with Crippen molar-refractivity contribution in [2.24, 2.45) is 0 Å². The van der Waals surface area contributed by atoms with E-state index < -0.39 is 5.97 Å². The number of nitriles is 1. The number of carbonyl (C=O) groups is 1. The van der Waals surface area contributed by atoms with Gasteiger partial charge in [-0.2, -0.15) is 5.26 Å². The molecule has 0 saturated carbocycles. The lowest BCUT2D eigenvalue weighted by molar-refractivity contribution is -0.140. The van der Waals surface area contributed by atoms with Gasteiger partial charge >= 0.3 is 5.97 Å². The van der Waals surface area contributed by atoms with Crippen LogP contribution in [-0.2, 0) is 9.53 Å². The molecule has 0 bridgehead atoms. The highest BCUT2D eigenvalue weighted by Crippen LogP contribution is 2.14. The Bertz CT molecular complexity index is 552. The summed E-state index contributed by atoms with van der Waals surface area (Å²) in [6.45, 7) is 2.07.